The maximum atomic E-state index is 6.23. The Bertz CT molecular complexity index is 714. The van der Waals surface area contributed by atoms with Crippen molar-refractivity contribution in [2.75, 3.05) is 13.1 Å². The summed E-state index contributed by atoms with van der Waals surface area (Å²) in [4.78, 5) is 0. The number of halogens is 2. The summed E-state index contributed by atoms with van der Waals surface area (Å²) < 4.78 is 5.31. The standard InChI is InChI=1S/C16H16Cl2N2O/c1-10-6-14(20-21-10)16-8-15(16,4-5-19-9-16)11-2-3-12(17)13(18)7-11/h2-3,6-7,19H,4-5,8-9H2,1H3/t15-,16-/m1/s1. The van der Waals surface area contributed by atoms with Crippen molar-refractivity contribution in [3.05, 3.63) is 51.3 Å². The number of hydrogen-bond acceptors (Lipinski definition) is 3. The molecule has 3 nitrogen and oxygen atoms in total. The minimum absolute atomic E-state index is 0.0279. The fourth-order valence-electron chi connectivity index (χ4n) is 3.97. The topological polar surface area (TPSA) is 38.1 Å². The predicted octanol–water partition coefficient (Wildman–Crippen LogP) is 3.86. The molecule has 110 valence electrons. The predicted molar refractivity (Wildman–Crippen MR) is 83.2 cm³/mol. The van der Waals surface area contributed by atoms with Crippen LogP contribution in [0.5, 0.6) is 0 Å². The van der Waals surface area contributed by atoms with Gasteiger partial charge < -0.3 is 9.84 Å². The Hall–Kier alpha value is -1.03. The third-order valence-corrected chi connectivity index (χ3v) is 5.88. The third-order valence-electron chi connectivity index (χ3n) is 5.14. The van der Waals surface area contributed by atoms with Gasteiger partial charge in [0, 0.05) is 23.4 Å². The summed E-state index contributed by atoms with van der Waals surface area (Å²) in [6.45, 7) is 3.88. The third kappa shape index (κ3) is 1.81. The number of aromatic nitrogens is 1. The zero-order chi connectivity index (χ0) is 14.7. The van der Waals surface area contributed by atoms with Crippen molar-refractivity contribution in [1.29, 1.82) is 0 Å². The molecule has 1 saturated carbocycles. The SMILES string of the molecule is Cc1cc([C@@]23CNCC[C@]2(c2ccc(Cl)c(Cl)c2)C3)no1. The molecule has 1 aromatic carbocycles. The molecule has 21 heavy (non-hydrogen) atoms. The molecule has 0 unspecified atom stereocenters. The zero-order valence-corrected chi connectivity index (χ0v) is 13.3. The highest BCUT2D eigenvalue weighted by Crippen LogP contribution is 2.68. The fraction of sp³-hybridized carbons (Fsp3) is 0.438. The zero-order valence-electron chi connectivity index (χ0n) is 11.7. The second-order valence-electron chi connectivity index (χ2n) is 6.22. The van der Waals surface area contributed by atoms with Gasteiger partial charge in [0.1, 0.15) is 5.76 Å². The quantitative estimate of drug-likeness (QED) is 0.912. The van der Waals surface area contributed by atoms with Crippen LogP contribution in [0.3, 0.4) is 0 Å². The van der Waals surface area contributed by atoms with Crippen LogP contribution >= 0.6 is 23.2 Å². The maximum absolute atomic E-state index is 6.23. The first-order valence-corrected chi connectivity index (χ1v) is 7.93. The molecule has 0 radical (unpaired) electrons. The maximum Gasteiger partial charge on any atom is 0.133 e. The number of nitrogens with zero attached hydrogens (tertiary/aromatic N) is 1. The molecular weight excluding hydrogens is 307 g/mol. The van der Waals surface area contributed by atoms with E-state index in [4.69, 9.17) is 27.7 Å². The van der Waals surface area contributed by atoms with Gasteiger partial charge >= 0.3 is 0 Å². The van der Waals surface area contributed by atoms with Gasteiger partial charge in [-0.25, -0.2) is 0 Å². The summed E-state index contributed by atoms with van der Waals surface area (Å²) >= 11 is 12.3. The Morgan fingerprint density at radius 2 is 2.05 bits per heavy atom. The Morgan fingerprint density at radius 1 is 1.19 bits per heavy atom. The number of hydrogen-bond donors (Lipinski definition) is 1. The van der Waals surface area contributed by atoms with Gasteiger partial charge in [-0.2, -0.15) is 0 Å². The first-order valence-electron chi connectivity index (χ1n) is 7.17. The second-order valence-corrected chi connectivity index (χ2v) is 7.03. The largest absolute Gasteiger partial charge is 0.361 e. The molecule has 5 heteroatoms. The highest BCUT2D eigenvalue weighted by Gasteiger charge is 2.70. The van der Waals surface area contributed by atoms with Gasteiger partial charge in [-0.1, -0.05) is 34.4 Å². The van der Waals surface area contributed by atoms with Crippen LogP contribution in [0.25, 0.3) is 0 Å². The van der Waals surface area contributed by atoms with Crippen molar-refractivity contribution in [3.8, 4) is 0 Å². The van der Waals surface area contributed by atoms with Gasteiger partial charge in [0.25, 0.3) is 0 Å². The summed E-state index contributed by atoms with van der Waals surface area (Å²) in [6, 6.07) is 8.08. The van der Waals surface area contributed by atoms with E-state index in [2.05, 4.69) is 22.6 Å². The van der Waals surface area contributed by atoms with E-state index in [1.54, 1.807) is 0 Å². The summed E-state index contributed by atoms with van der Waals surface area (Å²) in [5.41, 5.74) is 2.45. The van der Waals surface area contributed by atoms with Crippen molar-refractivity contribution in [2.45, 2.75) is 30.6 Å². The molecule has 2 fully saturated rings. The summed E-state index contributed by atoms with van der Waals surface area (Å²) in [6.07, 6.45) is 2.16. The highest BCUT2D eigenvalue weighted by molar-refractivity contribution is 6.42. The van der Waals surface area contributed by atoms with Gasteiger partial charge in [-0.05, 0) is 44.0 Å². The molecule has 4 rings (SSSR count). The van der Waals surface area contributed by atoms with Crippen LogP contribution < -0.4 is 5.32 Å². The molecular formula is C16H16Cl2N2O. The van der Waals surface area contributed by atoms with Crippen molar-refractivity contribution >= 4 is 23.2 Å². The second kappa shape index (κ2) is 4.48. The lowest BCUT2D eigenvalue weighted by atomic mass is 9.79. The van der Waals surface area contributed by atoms with Gasteiger partial charge in [0.15, 0.2) is 0 Å². The van der Waals surface area contributed by atoms with E-state index in [-0.39, 0.29) is 10.8 Å². The van der Waals surface area contributed by atoms with Crippen molar-refractivity contribution in [2.24, 2.45) is 0 Å². The van der Waals surface area contributed by atoms with Gasteiger partial charge in [-0.15, -0.1) is 0 Å². The average Bonchev–Trinajstić information content (AvgIpc) is 3.01. The molecule has 1 aliphatic heterocycles. The minimum Gasteiger partial charge on any atom is -0.361 e. The van der Waals surface area contributed by atoms with E-state index in [1.807, 2.05) is 19.1 Å². The molecule has 0 amide bonds. The lowest BCUT2D eigenvalue weighted by Gasteiger charge is -2.30. The summed E-state index contributed by atoms with van der Waals surface area (Å²) in [7, 11) is 0. The highest BCUT2D eigenvalue weighted by atomic mass is 35.5. The molecule has 1 aromatic heterocycles. The van der Waals surface area contributed by atoms with Crippen LogP contribution in [0.4, 0.5) is 0 Å². The Balaban J connectivity index is 1.81. The van der Waals surface area contributed by atoms with Crippen LogP contribution in [-0.4, -0.2) is 18.2 Å². The van der Waals surface area contributed by atoms with Crippen LogP contribution in [-0.2, 0) is 10.8 Å². The van der Waals surface area contributed by atoms with Crippen molar-refractivity contribution in [3.63, 3.8) is 0 Å². The number of benzene rings is 1. The minimum atomic E-state index is 0.0279. The Kier molecular flexibility index (Phi) is 2.91. The lowest BCUT2D eigenvalue weighted by molar-refractivity contribution is 0.352. The molecule has 0 bridgehead atoms. The van der Waals surface area contributed by atoms with Crippen LogP contribution in [0.2, 0.25) is 10.0 Å². The number of nitrogens with one attached hydrogen (secondary N) is 1. The lowest BCUT2D eigenvalue weighted by Crippen LogP contribution is -2.41. The molecule has 1 N–H and O–H groups in total. The fourth-order valence-corrected chi connectivity index (χ4v) is 4.27. The number of fused-ring (bicyclic) bond motifs is 1. The first kappa shape index (κ1) is 13.6. The van der Waals surface area contributed by atoms with Crippen LogP contribution in [0.1, 0.15) is 29.9 Å². The summed E-state index contributed by atoms with van der Waals surface area (Å²) in [5, 5.41) is 9.02. The van der Waals surface area contributed by atoms with E-state index in [0.717, 1.165) is 37.4 Å². The van der Waals surface area contributed by atoms with Crippen LogP contribution in [0.15, 0.2) is 28.8 Å². The first-order chi connectivity index (χ1) is 10.1. The number of piperidine rings is 1. The van der Waals surface area contributed by atoms with Crippen molar-refractivity contribution < 1.29 is 4.52 Å². The van der Waals surface area contributed by atoms with E-state index < -0.39 is 0 Å². The van der Waals surface area contributed by atoms with Gasteiger partial charge in [-0.3, -0.25) is 0 Å². The Morgan fingerprint density at radius 3 is 2.76 bits per heavy atom. The molecule has 2 aliphatic rings. The van der Waals surface area contributed by atoms with Crippen molar-refractivity contribution in [1.82, 2.24) is 10.5 Å². The molecule has 2 aromatic rings. The van der Waals surface area contributed by atoms with Gasteiger partial charge in [0.05, 0.1) is 15.7 Å². The smallest absolute Gasteiger partial charge is 0.133 e. The molecule has 2 atom stereocenters. The molecule has 1 saturated heterocycles. The van der Waals surface area contributed by atoms with Gasteiger partial charge in [0.2, 0.25) is 0 Å². The average molecular weight is 323 g/mol. The summed E-state index contributed by atoms with van der Waals surface area (Å²) in [5.74, 6) is 0.861. The monoisotopic (exact) mass is 322 g/mol. The van der Waals surface area contributed by atoms with E-state index in [0.29, 0.717) is 10.0 Å². The van der Waals surface area contributed by atoms with E-state index in [1.165, 1.54) is 5.56 Å². The molecule has 1 aliphatic carbocycles. The van der Waals surface area contributed by atoms with Crippen LogP contribution in [0, 0.1) is 6.92 Å². The van der Waals surface area contributed by atoms with E-state index in [9.17, 15) is 0 Å². The molecule has 2 heterocycles. The number of rotatable bonds is 2. The van der Waals surface area contributed by atoms with E-state index >= 15 is 0 Å². The number of aryl methyl sites for hydroxylation is 1. The Labute approximate surface area is 133 Å². The normalized spacial score (nSPS) is 31.0. The molecule has 0 spiro atoms.